The first kappa shape index (κ1) is 16.7. The van der Waals surface area contributed by atoms with Crippen LogP contribution in [0.4, 0.5) is 0 Å². The van der Waals surface area contributed by atoms with Crippen molar-refractivity contribution in [3.8, 4) is 0 Å². The Bertz CT molecular complexity index is 451. The van der Waals surface area contributed by atoms with Crippen LogP contribution in [0, 0.1) is 0 Å². The first-order valence-corrected chi connectivity index (χ1v) is 8.08. The number of nitrogens with one attached hydrogen (secondary N) is 1. The van der Waals surface area contributed by atoms with Crippen LogP contribution in [0.3, 0.4) is 0 Å². The van der Waals surface area contributed by atoms with Crippen molar-refractivity contribution >= 4 is 11.6 Å². The van der Waals surface area contributed by atoms with Gasteiger partial charge < -0.3 is 10.1 Å². The van der Waals surface area contributed by atoms with E-state index >= 15 is 0 Å². The van der Waals surface area contributed by atoms with Crippen molar-refractivity contribution in [2.75, 3.05) is 33.4 Å². The van der Waals surface area contributed by atoms with Crippen molar-refractivity contribution in [3.05, 3.63) is 29.0 Å². The van der Waals surface area contributed by atoms with E-state index in [9.17, 15) is 0 Å². The van der Waals surface area contributed by atoms with E-state index < -0.39 is 0 Å². The van der Waals surface area contributed by atoms with Gasteiger partial charge in [0, 0.05) is 37.1 Å². The molecule has 1 aromatic heterocycles. The Morgan fingerprint density at radius 3 is 2.76 bits per heavy atom. The molecule has 5 heteroatoms. The molecule has 1 N–H and O–H groups in total. The maximum Gasteiger partial charge on any atom is 0.0621 e. The van der Waals surface area contributed by atoms with Gasteiger partial charge in [-0.15, -0.1) is 0 Å². The van der Waals surface area contributed by atoms with Crippen molar-refractivity contribution < 1.29 is 4.74 Å². The normalized spacial score (nSPS) is 21.0. The minimum absolute atomic E-state index is 0.0884. The monoisotopic (exact) mass is 311 g/mol. The largest absolute Gasteiger partial charge is 0.379 e. The summed E-state index contributed by atoms with van der Waals surface area (Å²) in [6.45, 7) is 8.23. The number of morpholine rings is 1. The van der Waals surface area contributed by atoms with Gasteiger partial charge in [-0.2, -0.15) is 0 Å². The van der Waals surface area contributed by atoms with Crippen LogP contribution >= 0.6 is 11.6 Å². The van der Waals surface area contributed by atoms with E-state index in [1.54, 1.807) is 6.20 Å². The van der Waals surface area contributed by atoms with Gasteiger partial charge in [0.05, 0.1) is 18.2 Å². The summed E-state index contributed by atoms with van der Waals surface area (Å²) in [7, 11) is 2.04. The average Bonchev–Trinajstić information content (AvgIpc) is 2.54. The number of halogens is 1. The quantitative estimate of drug-likeness (QED) is 0.875. The zero-order valence-corrected chi connectivity index (χ0v) is 14.0. The van der Waals surface area contributed by atoms with Crippen LogP contribution < -0.4 is 5.32 Å². The fourth-order valence-corrected chi connectivity index (χ4v) is 3.38. The van der Waals surface area contributed by atoms with Crippen molar-refractivity contribution in [2.45, 2.75) is 38.3 Å². The highest BCUT2D eigenvalue weighted by Crippen LogP contribution is 2.28. The van der Waals surface area contributed by atoms with Crippen LogP contribution in [-0.2, 0) is 11.2 Å². The van der Waals surface area contributed by atoms with E-state index in [4.69, 9.17) is 16.3 Å². The van der Waals surface area contributed by atoms with E-state index in [1.165, 1.54) is 0 Å². The van der Waals surface area contributed by atoms with Crippen molar-refractivity contribution in [2.24, 2.45) is 0 Å². The number of hydrogen-bond acceptors (Lipinski definition) is 4. The number of aromatic nitrogens is 1. The third kappa shape index (κ3) is 3.75. The zero-order valence-electron chi connectivity index (χ0n) is 13.2. The molecule has 0 spiro atoms. The number of hydrogen-bond donors (Lipinski definition) is 1. The van der Waals surface area contributed by atoms with Gasteiger partial charge in [0.1, 0.15) is 0 Å². The molecule has 21 heavy (non-hydrogen) atoms. The summed E-state index contributed by atoms with van der Waals surface area (Å²) >= 11 is 6.28. The Morgan fingerprint density at radius 2 is 2.19 bits per heavy atom. The predicted octanol–water partition coefficient (Wildman–Crippen LogP) is 2.37. The van der Waals surface area contributed by atoms with Gasteiger partial charge in [-0.1, -0.05) is 18.5 Å². The number of ether oxygens (including phenoxy) is 1. The molecular weight excluding hydrogens is 286 g/mol. The minimum Gasteiger partial charge on any atom is -0.379 e. The molecule has 0 aromatic carbocycles. The first-order valence-electron chi connectivity index (χ1n) is 7.70. The van der Waals surface area contributed by atoms with E-state index in [1.807, 2.05) is 19.3 Å². The standard InChI is InChI=1S/C16H26ClN3O/c1-4-16(2,20-7-9-21-10-8-20)15(18-3)11-13-5-6-19-12-14(13)17/h5-6,12,15,18H,4,7-11H2,1-3H3. The lowest BCUT2D eigenvalue weighted by Crippen LogP contribution is -2.62. The maximum absolute atomic E-state index is 6.28. The van der Waals surface area contributed by atoms with Gasteiger partial charge >= 0.3 is 0 Å². The number of nitrogens with zero attached hydrogens (tertiary/aromatic N) is 2. The minimum atomic E-state index is 0.0884. The van der Waals surface area contributed by atoms with Crippen LogP contribution in [0.15, 0.2) is 18.5 Å². The number of likely N-dealkylation sites (N-methyl/N-ethyl adjacent to an activating group) is 1. The molecule has 2 unspecified atom stereocenters. The van der Waals surface area contributed by atoms with Crippen molar-refractivity contribution in [1.29, 1.82) is 0 Å². The lowest BCUT2D eigenvalue weighted by atomic mass is 9.83. The van der Waals surface area contributed by atoms with Gasteiger partial charge in [0.15, 0.2) is 0 Å². The van der Waals surface area contributed by atoms with Gasteiger partial charge in [0.25, 0.3) is 0 Å². The molecule has 1 aromatic rings. The number of pyridine rings is 1. The lowest BCUT2D eigenvalue weighted by Gasteiger charge is -2.48. The molecule has 2 atom stereocenters. The van der Waals surface area contributed by atoms with E-state index in [0.717, 1.165) is 49.7 Å². The summed E-state index contributed by atoms with van der Waals surface area (Å²) in [5.41, 5.74) is 1.24. The highest BCUT2D eigenvalue weighted by atomic mass is 35.5. The predicted molar refractivity (Wildman–Crippen MR) is 86.9 cm³/mol. The Morgan fingerprint density at radius 1 is 1.48 bits per heavy atom. The fourth-order valence-electron chi connectivity index (χ4n) is 3.19. The van der Waals surface area contributed by atoms with Crippen LogP contribution in [0.5, 0.6) is 0 Å². The van der Waals surface area contributed by atoms with Gasteiger partial charge in [-0.3, -0.25) is 9.88 Å². The SMILES string of the molecule is CCC(C)(C(Cc1ccncc1Cl)NC)N1CCOCC1. The molecular formula is C16H26ClN3O. The molecule has 0 radical (unpaired) electrons. The second-order valence-electron chi connectivity index (χ2n) is 5.82. The van der Waals surface area contributed by atoms with Crippen LogP contribution in [-0.4, -0.2) is 54.8 Å². The topological polar surface area (TPSA) is 37.4 Å². The number of rotatable bonds is 6. The molecule has 1 aliphatic rings. The molecule has 0 saturated carbocycles. The summed E-state index contributed by atoms with van der Waals surface area (Å²) in [5, 5.41) is 4.25. The second-order valence-corrected chi connectivity index (χ2v) is 6.23. The average molecular weight is 312 g/mol. The third-order valence-electron chi connectivity index (χ3n) is 4.83. The van der Waals surface area contributed by atoms with Gasteiger partial charge in [-0.25, -0.2) is 0 Å². The Hall–Kier alpha value is -0.680. The first-order chi connectivity index (χ1) is 10.1. The molecule has 0 aliphatic carbocycles. The third-order valence-corrected chi connectivity index (χ3v) is 5.17. The van der Waals surface area contributed by atoms with E-state index in [-0.39, 0.29) is 5.54 Å². The van der Waals surface area contributed by atoms with E-state index in [0.29, 0.717) is 6.04 Å². The fraction of sp³-hybridized carbons (Fsp3) is 0.688. The van der Waals surface area contributed by atoms with Crippen LogP contribution in [0.2, 0.25) is 5.02 Å². The Labute approximate surface area is 132 Å². The summed E-state index contributed by atoms with van der Waals surface area (Å²) in [5.74, 6) is 0. The highest BCUT2D eigenvalue weighted by molar-refractivity contribution is 6.31. The zero-order chi connectivity index (χ0) is 15.3. The molecule has 2 heterocycles. The van der Waals surface area contributed by atoms with Crippen LogP contribution in [0.1, 0.15) is 25.8 Å². The molecule has 118 valence electrons. The molecule has 2 rings (SSSR count). The molecule has 1 saturated heterocycles. The van der Waals surface area contributed by atoms with E-state index in [2.05, 4.69) is 29.0 Å². The maximum atomic E-state index is 6.28. The van der Waals surface area contributed by atoms with Gasteiger partial charge in [-0.05, 0) is 38.4 Å². The summed E-state index contributed by atoms with van der Waals surface area (Å²) in [6, 6.07) is 2.35. The Kier molecular flexibility index (Phi) is 5.99. The molecule has 0 bridgehead atoms. The molecule has 1 fully saturated rings. The van der Waals surface area contributed by atoms with Crippen molar-refractivity contribution in [3.63, 3.8) is 0 Å². The molecule has 1 aliphatic heterocycles. The van der Waals surface area contributed by atoms with Crippen molar-refractivity contribution in [1.82, 2.24) is 15.2 Å². The molecule has 4 nitrogen and oxygen atoms in total. The summed E-state index contributed by atoms with van der Waals surface area (Å²) in [4.78, 5) is 6.62. The lowest BCUT2D eigenvalue weighted by molar-refractivity contribution is -0.0313. The molecule has 0 amide bonds. The van der Waals surface area contributed by atoms with Gasteiger partial charge in [0.2, 0.25) is 0 Å². The summed E-state index contributed by atoms with van der Waals surface area (Å²) in [6.07, 6.45) is 5.52. The second kappa shape index (κ2) is 7.54. The van der Waals surface area contributed by atoms with Crippen LogP contribution in [0.25, 0.3) is 0 Å². The smallest absolute Gasteiger partial charge is 0.0621 e. The highest BCUT2D eigenvalue weighted by Gasteiger charge is 2.38. The summed E-state index contributed by atoms with van der Waals surface area (Å²) < 4.78 is 5.50. The Balaban J connectivity index is 2.18.